The Morgan fingerprint density at radius 1 is 1.29 bits per heavy atom. The zero-order chi connectivity index (χ0) is 16.4. The number of carbonyl (C=O) groups excluding carboxylic acids is 1. The van der Waals surface area contributed by atoms with E-state index in [1.807, 2.05) is 18.5 Å². The number of nitrogens with zero attached hydrogens (tertiary/aromatic N) is 3. The first-order chi connectivity index (χ1) is 11.7. The number of piperidine rings is 1. The minimum absolute atomic E-state index is 0.0159. The average molecular weight is 331 g/mol. The lowest BCUT2D eigenvalue weighted by Crippen LogP contribution is -2.45. The zero-order valence-electron chi connectivity index (χ0n) is 14.0. The standard InChI is InChI=1S/C18H25N3O3/c22-17(21-9-2-12-23-21)16-4-5-18(24-16)6-10-20(11-7-18)14-15-3-1-8-19-13-15/h1,3,8,13,16H,2,4-7,9-12,14H2/t16-/m1/s1. The number of hydrogen-bond donors (Lipinski definition) is 0. The maximum Gasteiger partial charge on any atom is 0.275 e. The van der Waals surface area contributed by atoms with Crippen LogP contribution >= 0.6 is 0 Å². The van der Waals surface area contributed by atoms with Gasteiger partial charge in [-0.2, -0.15) is 0 Å². The summed E-state index contributed by atoms with van der Waals surface area (Å²) in [6.45, 7) is 4.30. The van der Waals surface area contributed by atoms with Crippen molar-refractivity contribution in [1.82, 2.24) is 14.9 Å². The van der Waals surface area contributed by atoms with Crippen molar-refractivity contribution < 1.29 is 14.4 Å². The lowest BCUT2D eigenvalue weighted by atomic mass is 9.88. The Kier molecular flexibility index (Phi) is 4.52. The van der Waals surface area contributed by atoms with E-state index in [1.54, 1.807) is 0 Å². The molecule has 130 valence electrons. The first-order valence-corrected chi connectivity index (χ1v) is 8.98. The Balaban J connectivity index is 1.30. The molecule has 0 aliphatic carbocycles. The van der Waals surface area contributed by atoms with Gasteiger partial charge in [0.05, 0.1) is 18.8 Å². The minimum atomic E-state index is -0.312. The molecule has 1 spiro atoms. The van der Waals surface area contributed by atoms with E-state index in [0.29, 0.717) is 13.2 Å². The normalized spacial score (nSPS) is 27.0. The van der Waals surface area contributed by atoms with Crippen LogP contribution in [0.2, 0.25) is 0 Å². The van der Waals surface area contributed by atoms with E-state index >= 15 is 0 Å². The Bertz CT molecular complexity index is 566. The molecule has 4 rings (SSSR count). The third kappa shape index (κ3) is 3.31. The molecule has 3 aliphatic rings. The SMILES string of the molecule is O=C([C@H]1CCC2(CCN(Cc3cccnc3)CC2)O1)N1CCCO1. The number of hydroxylamine groups is 2. The summed E-state index contributed by atoms with van der Waals surface area (Å²) in [6.07, 6.45) is 8.15. The highest BCUT2D eigenvalue weighted by Crippen LogP contribution is 2.39. The smallest absolute Gasteiger partial charge is 0.275 e. The first-order valence-electron chi connectivity index (χ1n) is 8.98. The molecule has 6 nitrogen and oxygen atoms in total. The summed E-state index contributed by atoms with van der Waals surface area (Å²) in [7, 11) is 0. The molecule has 0 unspecified atom stereocenters. The molecule has 0 bridgehead atoms. The highest BCUT2D eigenvalue weighted by atomic mass is 16.7. The van der Waals surface area contributed by atoms with Crippen LogP contribution in [0.3, 0.4) is 0 Å². The molecular formula is C18H25N3O3. The molecule has 0 N–H and O–H groups in total. The maximum atomic E-state index is 12.4. The number of likely N-dealkylation sites (tertiary alicyclic amines) is 1. The van der Waals surface area contributed by atoms with Crippen molar-refractivity contribution in [3.8, 4) is 0 Å². The van der Waals surface area contributed by atoms with Crippen LogP contribution in [0.5, 0.6) is 0 Å². The maximum absolute atomic E-state index is 12.4. The van der Waals surface area contributed by atoms with Gasteiger partial charge in [-0.1, -0.05) is 6.07 Å². The Morgan fingerprint density at radius 3 is 2.88 bits per heavy atom. The van der Waals surface area contributed by atoms with Crippen LogP contribution in [0, 0.1) is 0 Å². The van der Waals surface area contributed by atoms with Gasteiger partial charge in [-0.05, 0) is 43.7 Å². The van der Waals surface area contributed by atoms with Crippen LogP contribution in [-0.2, 0) is 20.9 Å². The van der Waals surface area contributed by atoms with E-state index in [2.05, 4.69) is 16.0 Å². The molecule has 4 heterocycles. The lowest BCUT2D eigenvalue weighted by Gasteiger charge is -2.39. The fraction of sp³-hybridized carbons (Fsp3) is 0.667. The molecule has 0 saturated carbocycles. The predicted octanol–water partition coefficient (Wildman–Crippen LogP) is 1.76. The highest BCUT2D eigenvalue weighted by Gasteiger charge is 2.46. The van der Waals surface area contributed by atoms with E-state index in [9.17, 15) is 4.79 Å². The molecule has 0 radical (unpaired) electrons. The molecule has 1 aromatic heterocycles. The number of carbonyl (C=O) groups is 1. The summed E-state index contributed by atoms with van der Waals surface area (Å²) >= 11 is 0. The van der Waals surface area contributed by atoms with Crippen LogP contribution in [0.1, 0.15) is 37.7 Å². The monoisotopic (exact) mass is 331 g/mol. The first kappa shape index (κ1) is 16.0. The summed E-state index contributed by atoms with van der Waals surface area (Å²) in [4.78, 5) is 24.4. The van der Waals surface area contributed by atoms with E-state index in [0.717, 1.165) is 51.7 Å². The molecule has 3 fully saturated rings. The average Bonchev–Trinajstić information content (AvgIpc) is 3.28. The minimum Gasteiger partial charge on any atom is -0.362 e. The summed E-state index contributed by atoms with van der Waals surface area (Å²) in [6, 6.07) is 4.10. The van der Waals surface area contributed by atoms with Gasteiger partial charge in [-0.3, -0.25) is 19.5 Å². The Hall–Kier alpha value is -1.50. The highest BCUT2D eigenvalue weighted by molar-refractivity contribution is 5.80. The summed E-state index contributed by atoms with van der Waals surface area (Å²) in [5.41, 5.74) is 1.14. The summed E-state index contributed by atoms with van der Waals surface area (Å²) in [5.74, 6) is 0.0159. The van der Waals surface area contributed by atoms with Crippen molar-refractivity contribution in [3.63, 3.8) is 0 Å². The molecule has 6 heteroatoms. The number of rotatable bonds is 3. The van der Waals surface area contributed by atoms with Crippen molar-refractivity contribution >= 4 is 5.91 Å². The molecule has 0 aromatic carbocycles. The largest absolute Gasteiger partial charge is 0.362 e. The second kappa shape index (κ2) is 6.78. The second-order valence-electron chi connectivity index (χ2n) is 7.09. The Morgan fingerprint density at radius 2 is 2.17 bits per heavy atom. The van der Waals surface area contributed by atoms with Crippen molar-refractivity contribution in [2.24, 2.45) is 0 Å². The number of pyridine rings is 1. The molecule has 24 heavy (non-hydrogen) atoms. The van der Waals surface area contributed by atoms with Gasteiger partial charge in [0.15, 0.2) is 0 Å². The number of ether oxygens (including phenoxy) is 1. The molecule has 1 atom stereocenters. The molecular weight excluding hydrogens is 306 g/mol. The van der Waals surface area contributed by atoms with Gasteiger partial charge in [0.1, 0.15) is 6.10 Å². The van der Waals surface area contributed by atoms with Crippen molar-refractivity contribution in [2.75, 3.05) is 26.2 Å². The molecule has 1 aromatic rings. The Labute approximate surface area is 142 Å². The van der Waals surface area contributed by atoms with Crippen molar-refractivity contribution in [3.05, 3.63) is 30.1 Å². The van der Waals surface area contributed by atoms with E-state index in [-0.39, 0.29) is 17.6 Å². The van der Waals surface area contributed by atoms with Crippen LogP contribution in [0.15, 0.2) is 24.5 Å². The van der Waals surface area contributed by atoms with Gasteiger partial charge >= 0.3 is 0 Å². The van der Waals surface area contributed by atoms with E-state index < -0.39 is 0 Å². The quantitative estimate of drug-likeness (QED) is 0.845. The van der Waals surface area contributed by atoms with Gasteiger partial charge in [0.25, 0.3) is 5.91 Å². The molecule has 1 amide bonds. The van der Waals surface area contributed by atoms with Crippen molar-refractivity contribution in [2.45, 2.75) is 50.4 Å². The third-order valence-corrected chi connectivity index (χ3v) is 5.42. The fourth-order valence-corrected chi connectivity index (χ4v) is 4.01. The zero-order valence-corrected chi connectivity index (χ0v) is 14.0. The van der Waals surface area contributed by atoms with Gasteiger partial charge < -0.3 is 4.74 Å². The van der Waals surface area contributed by atoms with Crippen molar-refractivity contribution in [1.29, 1.82) is 0 Å². The number of aromatic nitrogens is 1. The van der Waals surface area contributed by atoms with Gasteiger partial charge in [-0.25, -0.2) is 5.06 Å². The second-order valence-corrected chi connectivity index (χ2v) is 7.09. The predicted molar refractivity (Wildman–Crippen MR) is 87.9 cm³/mol. The van der Waals surface area contributed by atoms with Crippen LogP contribution in [-0.4, -0.2) is 58.8 Å². The van der Waals surface area contributed by atoms with Crippen LogP contribution in [0.4, 0.5) is 0 Å². The molecule has 3 aliphatic heterocycles. The number of amides is 1. The van der Waals surface area contributed by atoms with E-state index in [1.165, 1.54) is 10.6 Å². The number of hydrogen-bond acceptors (Lipinski definition) is 5. The van der Waals surface area contributed by atoms with E-state index in [4.69, 9.17) is 9.57 Å². The third-order valence-electron chi connectivity index (χ3n) is 5.42. The lowest BCUT2D eigenvalue weighted by molar-refractivity contribution is -0.185. The van der Waals surface area contributed by atoms with Crippen LogP contribution < -0.4 is 0 Å². The van der Waals surface area contributed by atoms with Crippen LogP contribution in [0.25, 0.3) is 0 Å². The fourth-order valence-electron chi connectivity index (χ4n) is 4.01. The molecule has 3 saturated heterocycles. The summed E-state index contributed by atoms with van der Waals surface area (Å²) < 4.78 is 6.25. The topological polar surface area (TPSA) is 54.9 Å². The summed E-state index contributed by atoms with van der Waals surface area (Å²) in [5, 5.41) is 1.50. The van der Waals surface area contributed by atoms with Gasteiger partial charge in [-0.15, -0.1) is 0 Å². The van der Waals surface area contributed by atoms with Gasteiger partial charge in [0, 0.05) is 32.0 Å². The van der Waals surface area contributed by atoms with Gasteiger partial charge in [0.2, 0.25) is 0 Å².